The number of benzene rings is 2. The van der Waals surface area contributed by atoms with Gasteiger partial charge in [-0.05, 0) is 36.0 Å². The summed E-state index contributed by atoms with van der Waals surface area (Å²) in [6, 6.07) is 12.3. The van der Waals surface area contributed by atoms with Crippen molar-refractivity contribution in [2.75, 3.05) is 5.32 Å². The van der Waals surface area contributed by atoms with Crippen LogP contribution in [0.15, 0.2) is 53.7 Å². The quantitative estimate of drug-likeness (QED) is 0.466. The van der Waals surface area contributed by atoms with Crippen LogP contribution in [0.2, 0.25) is 0 Å². The Kier molecular flexibility index (Phi) is 5.84. The monoisotopic (exact) mass is 399 g/mol. The first-order chi connectivity index (χ1) is 12.9. The maximum Gasteiger partial charge on any atom is 0.387 e. The zero-order valence-corrected chi connectivity index (χ0v) is 14.4. The predicted octanol–water partition coefficient (Wildman–Crippen LogP) is 4.59. The van der Waals surface area contributed by atoms with Crippen molar-refractivity contribution in [3.8, 4) is 5.75 Å². The molecule has 3 rings (SSSR count). The molecule has 3 aromatic rings. The normalized spacial score (nSPS) is 11.3. The standard InChI is InChI=1S/C17H13F4N3O2S/c18-15(19)26-11-5-3-4-10(8-11)22-14(25)9-24-13-7-2-1-6-12(13)23-17(24)27-16(20)21/h1-8,15-16H,9H2,(H,22,25). The van der Waals surface area contributed by atoms with Gasteiger partial charge in [0.2, 0.25) is 5.91 Å². The van der Waals surface area contributed by atoms with Gasteiger partial charge in [-0.2, -0.15) is 17.6 Å². The van der Waals surface area contributed by atoms with Crippen molar-refractivity contribution in [1.82, 2.24) is 9.55 Å². The third-order valence-electron chi connectivity index (χ3n) is 3.46. The predicted molar refractivity (Wildman–Crippen MR) is 93.3 cm³/mol. The molecule has 1 heterocycles. The Bertz CT molecular complexity index is 949. The van der Waals surface area contributed by atoms with Crippen molar-refractivity contribution in [2.45, 2.75) is 24.1 Å². The minimum atomic E-state index is -2.98. The second-order valence-corrected chi connectivity index (χ2v) is 6.26. The third kappa shape index (κ3) is 4.91. The second-order valence-electron chi connectivity index (χ2n) is 5.30. The topological polar surface area (TPSA) is 56.2 Å². The summed E-state index contributed by atoms with van der Waals surface area (Å²) in [4.78, 5) is 16.5. The second kappa shape index (κ2) is 8.30. The van der Waals surface area contributed by atoms with Gasteiger partial charge in [0.05, 0.1) is 11.0 Å². The summed E-state index contributed by atoms with van der Waals surface area (Å²) >= 11 is 0.244. The van der Waals surface area contributed by atoms with E-state index in [2.05, 4.69) is 15.0 Å². The summed E-state index contributed by atoms with van der Waals surface area (Å²) in [5.41, 5.74) is 1.26. The molecular weight excluding hydrogens is 386 g/mol. The van der Waals surface area contributed by atoms with Crippen molar-refractivity contribution in [2.24, 2.45) is 0 Å². The summed E-state index contributed by atoms with van der Waals surface area (Å²) in [6.07, 6.45) is 0. The van der Waals surface area contributed by atoms with Crippen LogP contribution in [0.5, 0.6) is 5.75 Å². The molecule has 0 aliphatic rings. The number of halogens is 4. The van der Waals surface area contributed by atoms with Gasteiger partial charge in [-0.1, -0.05) is 18.2 Å². The molecule has 5 nitrogen and oxygen atoms in total. The molecule has 27 heavy (non-hydrogen) atoms. The van der Waals surface area contributed by atoms with Gasteiger partial charge in [-0.25, -0.2) is 4.98 Å². The molecule has 0 spiro atoms. The molecule has 142 valence electrons. The molecule has 10 heteroatoms. The number of aromatic nitrogens is 2. The number of hydrogen-bond donors (Lipinski definition) is 1. The highest BCUT2D eigenvalue weighted by Crippen LogP contribution is 2.28. The number of nitrogens with zero attached hydrogens (tertiary/aromatic N) is 2. The van der Waals surface area contributed by atoms with Crippen LogP contribution in [0.1, 0.15) is 0 Å². The van der Waals surface area contributed by atoms with Crippen molar-refractivity contribution < 1.29 is 27.1 Å². The van der Waals surface area contributed by atoms with E-state index in [4.69, 9.17) is 0 Å². The third-order valence-corrected chi connectivity index (χ3v) is 4.16. The summed E-state index contributed by atoms with van der Waals surface area (Å²) in [7, 11) is 0. The maximum absolute atomic E-state index is 12.8. The molecule has 1 N–H and O–H groups in total. The molecule has 1 amide bonds. The zero-order chi connectivity index (χ0) is 19.4. The molecule has 0 atom stereocenters. The van der Waals surface area contributed by atoms with Crippen molar-refractivity contribution in [3.63, 3.8) is 0 Å². The van der Waals surface area contributed by atoms with E-state index < -0.39 is 18.3 Å². The number of carbonyl (C=O) groups excluding carboxylic acids is 1. The number of thioether (sulfide) groups is 1. The highest BCUT2D eigenvalue weighted by Gasteiger charge is 2.18. The highest BCUT2D eigenvalue weighted by atomic mass is 32.2. The van der Waals surface area contributed by atoms with Crippen LogP contribution < -0.4 is 10.1 Å². The molecule has 0 saturated heterocycles. The average Bonchev–Trinajstić information content (AvgIpc) is 2.91. The van der Waals surface area contributed by atoms with Crippen LogP contribution in [0, 0.1) is 0 Å². The first-order valence-electron chi connectivity index (χ1n) is 7.67. The molecule has 0 fully saturated rings. The van der Waals surface area contributed by atoms with E-state index in [0.29, 0.717) is 11.0 Å². The molecule has 2 aromatic carbocycles. The van der Waals surface area contributed by atoms with Gasteiger partial charge in [0.1, 0.15) is 12.3 Å². The Morgan fingerprint density at radius 2 is 1.93 bits per heavy atom. The lowest BCUT2D eigenvalue weighted by Crippen LogP contribution is -2.19. The highest BCUT2D eigenvalue weighted by molar-refractivity contribution is 7.99. The van der Waals surface area contributed by atoms with Gasteiger partial charge in [0, 0.05) is 11.8 Å². The van der Waals surface area contributed by atoms with Crippen LogP contribution in [0.4, 0.5) is 23.2 Å². The Hall–Kier alpha value is -2.75. The van der Waals surface area contributed by atoms with Crippen molar-refractivity contribution >= 4 is 34.4 Å². The number of rotatable bonds is 7. The number of nitrogens with one attached hydrogen (secondary N) is 1. The van der Waals surface area contributed by atoms with E-state index >= 15 is 0 Å². The van der Waals surface area contributed by atoms with E-state index in [1.807, 2.05) is 0 Å². The number of imidazole rings is 1. The Balaban J connectivity index is 1.80. The van der Waals surface area contributed by atoms with Crippen LogP contribution in [-0.4, -0.2) is 27.8 Å². The fraction of sp³-hybridized carbons (Fsp3) is 0.176. The van der Waals surface area contributed by atoms with Crippen LogP contribution in [-0.2, 0) is 11.3 Å². The largest absolute Gasteiger partial charge is 0.435 e. The smallest absolute Gasteiger partial charge is 0.387 e. The summed E-state index contributed by atoms with van der Waals surface area (Å²) in [5, 5.41) is 2.54. The van der Waals surface area contributed by atoms with Gasteiger partial charge in [0.25, 0.3) is 5.76 Å². The molecular formula is C17H13F4N3O2S. The molecule has 0 bridgehead atoms. The Morgan fingerprint density at radius 3 is 2.67 bits per heavy atom. The number of alkyl halides is 4. The van der Waals surface area contributed by atoms with Crippen LogP contribution in [0.25, 0.3) is 11.0 Å². The van der Waals surface area contributed by atoms with Crippen molar-refractivity contribution in [1.29, 1.82) is 0 Å². The maximum atomic E-state index is 12.8. The van der Waals surface area contributed by atoms with E-state index in [1.165, 1.54) is 28.8 Å². The van der Waals surface area contributed by atoms with Crippen LogP contribution >= 0.6 is 11.8 Å². The first kappa shape index (κ1) is 19.0. The van der Waals surface area contributed by atoms with E-state index in [0.717, 1.165) is 0 Å². The van der Waals surface area contributed by atoms with Gasteiger partial charge >= 0.3 is 6.61 Å². The van der Waals surface area contributed by atoms with Crippen molar-refractivity contribution in [3.05, 3.63) is 48.5 Å². The number of carbonyl (C=O) groups is 1. The van der Waals surface area contributed by atoms with Gasteiger partial charge in [0.15, 0.2) is 5.16 Å². The van der Waals surface area contributed by atoms with Crippen LogP contribution in [0.3, 0.4) is 0 Å². The lowest BCUT2D eigenvalue weighted by atomic mass is 10.3. The molecule has 1 aromatic heterocycles. The number of para-hydroxylation sites is 2. The fourth-order valence-corrected chi connectivity index (χ4v) is 3.07. The molecule has 0 radical (unpaired) electrons. The lowest BCUT2D eigenvalue weighted by molar-refractivity contribution is -0.116. The van der Waals surface area contributed by atoms with E-state index in [-0.39, 0.29) is 34.9 Å². The van der Waals surface area contributed by atoms with Gasteiger partial charge < -0.3 is 14.6 Å². The number of anilines is 1. The number of ether oxygens (including phenoxy) is 1. The average molecular weight is 399 g/mol. The minimum Gasteiger partial charge on any atom is -0.435 e. The molecule has 0 unspecified atom stereocenters. The Labute approximate surface area is 155 Å². The number of hydrogen-bond acceptors (Lipinski definition) is 4. The summed E-state index contributed by atoms with van der Waals surface area (Å²) < 4.78 is 55.8. The lowest BCUT2D eigenvalue weighted by Gasteiger charge is -2.11. The molecule has 0 aliphatic carbocycles. The van der Waals surface area contributed by atoms with Gasteiger partial charge in [-0.3, -0.25) is 4.79 Å². The summed E-state index contributed by atoms with van der Waals surface area (Å²) in [6.45, 7) is -3.25. The fourth-order valence-electron chi connectivity index (χ4n) is 2.47. The molecule has 0 saturated carbocycles. The number of fused-ring (bicyclic) bond motifs is 1. The SMILES string of the molecule is O=C(Cn1c(SC(F)F)nc2ccccc21)Nc1cccc(OC(F)F)c1. The number of amides is 1. The Morgan fingerprint density at radius 1 is 1.15 bits per heavy atom. The zero-order valence-electron chi connectivity index (χ0n) is 13.6. The van der Waals surface area contributed by atoms with E-state index in [9.17, 15) is 22.4 Å². The van der Waals surface area contributed by atoms with Gasteiger partial charge in [-0.15, -0.1) is 0 Å². The first-order valence-corrected chi connectivity index (χ1v) is 8.55. The molecule has 0 aliphatic heterocycles. The summed E-state index contributed by atoms with van der Waals surface area (Å²) in [5.74, 6) is -3.32. The van der Waals surface area contributed by atoms with E-state index in [1.54, 1.807) is 24.3 Å². The minimum absolute atomic E-state index is 0.0103.